The summed E-state index contributed by atoms with van der Waals surface area (Å²) in [5.74, 6) is -0.580. The minimum Gasteiger partial charge on any atom is -0.480 e. The van der Waals surface area contributed by atoms with E-state index < -0.39 is 12.0 Å². The second-order valence-corrected chi connectivity index (χ2v) is 5.20. The van der Waals surface area contributed by atoms with E-state index in [1.165, 1.54) is 5.56 Å². The number of carboxylic acids is 1. The Bertz CT molecular complexity index is 535. The van der Waals surface area contributed by atoms with Crippen molar-refractivity contribution in [2.24, 2.45) is 0 Å². The monoisotopic (exact) mass is 267 g/mol. The summed E-state index contributed by atoms with van der Waals surface area (Å²) in [4.78, 5) is 11.3. The highest BCUT2D eigenvalue weighted by molar-refractivity contribution is 5.74. The van der Waals surface area contributed by atoms with E-state index in [1.807, 2.05) is 36.4 Å². The summed E-state index contributed by atoms with van der Waals surface area (Å²) in [6.45, 7) is 0. The van der Waals surface area contributed by atoms with E-state index in [1.54, 1.807) is 0 Å². The van der Waals surface area contributed by atoms with Gasteiger partial charge in [0, 0.05) is 12.0 Å². The molecule has 0 bridgehead atoms. The smallest absolute Gasteiger partial charge is 0.320 e. The number of hydrogen-bond donors (Lipinski definition) is 2. The Labute approximate surface area is 118 Å². The Hall–Kier alpha value is -2.13. The van der Waals surface area contributed by atoms with E-state index in [-0.39, 0.29) is 12.0 Å². The average Bonchev–Trinajstić information content (AvgIpc) is 2.94. The van der Waals surface area contributed by atoms with Crippen molar-refractivity contribution in [3.05, 3.63) is 71.8 Å². The standard InChI is InChI=1S/C17H17NO2/c19-17(20)15-11-14(12-7-3-1-4-8-12)16(18-15)13-9-5-2-6-10-13/h1-10,14-16,18H,11H2,(H,19,20)/t14-,15+,16+/m1/s1. The van der Waals surface area contributed by atoms with E-state index >= 15 is 0 Å². The number of carbonyl (C=O) groups is 1. The summed E-state index contributed by atoms with van der Waals surface area (Å²) in [5.41, 5.74) is 2.34. The fraction of sp³-hybridized carbons (Fsp3) is 0.235. The van der Waals surface area contributed by atoms with Gasteiger partial charge in [0.2, 0.25) is 0 Å². The largest absolute Gasteiger partial charge is 0.480 e. The molecule has 2 aromatic carbocycles. The van der Waals surface area contributed by atoms with Gasteiger partial charge < -0.3 is 5.11 Å². The van der Waals surface area contributed by atoms with Crippen LogP contribution in [0, 0.1) is 0 Å². The molecule has 1 heterocycles. The summed E-state index contributed by atoms with van der Waals surface area (Å²) >= 11 is 0. The first-order valence-electron chi connectivity index (χ1n) is 6.84. The molecule has 1 fully saturated rings. The lowest BCUT2D eigenvalue weighted by Crippen LogP contribution is -2.31. The van der Waals surface area contributed by atoms with Gasteiger partial charge >= 0.3 is 5.97 Å². The van der Waals surface area contributed by atoms with E-state index in [2.05, 4.69) is 29.6 Å². The highest BCUT2D eigenvalue weighted by Crippen LogP contribution is 2.40. The van der Waals surface area contributed by atoms with Gasteiger partial charge in [-0.1, -0.05) is 60.7 Å². The van der Waals surface area contributed by atoms with Gasteiger partial charge in [-0.05, 0) is 17.5 Å². The Morgan fingerprint density at radius 3 is 2.05 bits per heavy atom. The topological polar surface area (TPSA) is 49.3 Å². The van der Waals surface area contributed by atoms with Crippen molar-refractivity contribution in [2.75, 3.05) is 0 Å². The van der Waals surface area contributed by atoms with Gasteiger partial charge in [-0.25, -0.2) is 0 Å². The first-order chi connectivity index (χ1) is 9.75. The molecule has 102 valence electrons. The Balaban J connectivity index is 1.95. The quantitative estimate of drug-likeness (QED) is 0.899. The van der Waals surface area contributed by atoms with Gasteiger partial charge in [0.1, 0.15) is 6.04 Å². The minimum absolute atomic E-state index is 0.0553. The van der Waals surface area contributed by atoms with Crippen molar-refractivity contribution in [1.29, 1.82) is 0 Å². The number of hydrogen-bond acceptors (Lipinski definition) is 2. The molecule has 0 aliphatic carbocycles. The van der Waals surface area contributed by atoms with Gasteiger partial charge in [0.15, 0.2) is 0 Å². The van der Waals surface area contributed by atoms with Gasteiger partial charge in [-0.15, -0.1) is 0 Å². The van der Waals surface area contributed by atoms with Crippen molar-refractivity contribution in [2.45, 2.75) is 24.4 Å². The van der Waals surface area contributed by atoms with Crippen molar-refractivity contribution in [3.8, 4) is 0 Å². The number of aliphatic carboxylic acids is 1. The van der Waals surface area contributed by atoms with Crippen LogP contribution in [0.15, 0.2) is 60.7 Å². The summed E-state index contributed by atoms with van der Waals surface area (Å²) in [7, 11) is 0. The van der Waals surface area contributed by atoms with Crippen molar-refractivity contribution >= 4 is 5.97 Å². The Morgan fingerprint density at radius 1 is 0.950 bits per heavy atom. The third-order valence-electron chi connectivity index (χ3n) is 3.96. The van der Waals surface area contributed by atoms with Gasteiger partial charge in [0.25, 0.3) is 0 Å². The molecule has 1 aliphatic rings. The van der Waals surface area contributed by atoms with Crippen LogP contribution in [0.1, 0.15) is 29.5 Å². The fourth-order valence-electron chi connectivity index (χ4n) is 2.98. The number of benzene rings is 2. The zero-order valence-electron chi connectivity index (χ0n) is 11.1. The molecule has 1 saturated heterocycles. The van der Waals surface area contributed by atoms with Crippen LogP contribution in [0.4, 0.5) is 0 Å². The van der Waals surface area contributed by atoms with E-state index in [9.17, 15) is 9.90 Å². The second kappa shape index (κ2) is 5.47. The maximum atomic E-state index is 11.3. The normalized spacial score (nSPS) is 25.5. The zero-order chi connectivity index (χ0) is 13.9. The van der Waals surface area contributed by atoms with Crippen LogP contribution in [0.3, 0.4) is 0 Å². The maximum Gasteiger partial charge on any atom is 0.320 e. The molecule has 0 unspecified atom stereocenters. The molecule has 0 aromatic heterocycles. The van der Waals surface area contributed by atoms with Crippen molar-refractivity contribution in [1.82, 2.24) is 5.32 Å². The molecule has 0 saturated carbocycles. The molecular formula is C17H17NO2. The molecule has 3 rings (SSSR count). The van der Waals surface area contributed by atoms with Gasteiger partial charge in [-0.3, -0.25) is 10.1 Å². The molecule has 2 aromatic rings. The molecule has 20 heavy (non-hydrogen) atoms. The molecule has 3 atom stereocenters. The van der Waals surface area contributed by atoms with Crippen LogP contribution in [-0.4, -0.2) is 17.1 Å². The van der Waals surface area contributed by atoms with E-state index in [0.717, 1.165) is 5.56 Å². The van der Waals surface area contributed by atoms with Crippen LogP contribution in [-0.2, 0) is 4.79 Å². The zero-order valence-corrected chi connectivity index (χ0v) is 11.1. The molecule has 2 N–H and O–H groups in total. The molecule has 1 aliphatic heterocycles. The highest BCUT2D eigenvalue weighted by Gasteiger charge is 2.38. The molecule has 0 radical (unpaired) electrons. The minimum atomic E-state index is -0.774. The predicted octanol–water partition coefficient (Wildman–Crippen LogP) is 2.96. The Kier molecular flexibility index (Phi) is 3.52. The Morgan fingerprint density at radius 2 is 1.50 bits per heavy atom. The first kappa shape index (κ1) is 12.9. The lowest BCUT2D eigenvalue weighted by molar-refractivity contribution is -0.139. The van der Waals surface area contributed by atoms with E-state index in [0.29, 0.717) is 6.42 Å². The third kappa shape index (κ3) is 2.45. The number of nitrogens with one attached hydrogen (secondary N) is 1. The lowest BCUT2D eigenvalue weighted by atomic mass is 9.87. The number of rotatable bonds is 3. The van der Waals surface area contributed by atoms with Crippen molar-refractivity contribution in [3.63, 3.8) is 0 Å². The molecule has 3 nitrogen and oxygen atoms in total. The van der Waals surface area contributed by atoms with Gasteiger partial charge in [-0.2, -0.15) is 0 Å². The van der Waals surface area contributed by atoms with E-state index in [4.69, 9.17) is 0 Å². The SMILES string of the molecule is O=C(O)[C@@H]1C[C@H](c2ccccc2)[C@H](c2ccccc2)N1. The molecule has 0 amide bonds. The fourth-order valence-corrected chi connectivity index (χ4v) is 2.98. The first-order valence-corrected chi connectivity index (χ1v) is 6.84. The van der Waals surface area contributed by atoms with Crippen molar-refractivity contribution < 1.29 is 9.90 Å². The summed E-state index contributed by atoms with van der Waals surface area (Å²) in [5, 5.41) is 12.5. The molecule has 3 heteroatoms. The number of carboxylic acid groups (broad SMARTS) is 1. The van der Waals surface area contributed by atoms with Gasteiger partial charge in [0.05, 0.1) is 0 Å². The average molecular weight is 267 g/mol. The highest BCUT2D eigenvalue weighted by atomic mass is 16.4. The predicted molar refractivity (Wildman–Crippen MR) is 77.5 cm³/mol. The van der Waals surface area contributed by atoms with Crippen LogP contribution < -0.4 is 5.32 Å². The second-order valence-electron chi connectivity index (χ2n) is 5.20. The molecule has 0 spiro atoms. The van der Waals surface area contributed by atoms with Crippen LogP contribution in [0.2, 0.25) is 0 Å². The summed E-state index contributed by atoms with van der Waals surface area (Å²) in [6.07, 6.45) is 0.624. The lowest BCUT2D eigenvalue weighted by Gasteiger charge is -2.20. The third-order valence-corrected chi connectivity index (χ3v) is 3.96. The van der Waals surface area contributed by atoms with Crippen LogP contribution in [0.25, 0.3) is 0 Å². The maximum absolute atomic E-state index is 11.3. The summed E-state index contributed by atoms with van der Waals surface area (Å²) in [6, 6.07) is 19.8. The van der Waals surface area contributed by atoms with Crippen LogP contribution >= 0.6 is 0 Å². The summed E-state index contributed by atoms with van der Waals surface area (Å²) < 4.78 is 0. The van der Waals surface area contributed by atoms with Crippen LogP contribution in [0.5, 0.6) is 0 Å². The molecular weight excluding hydrogens is 250 g/mol.